The minimum Gasteiger partial charge on any atom is -0.258 e. The maximum Gasteiger partial charge on any atom is 0.126 e. The third kappa shape index (κ3) is 5.86. The Bertz CT molecular complexity index is 654. The van der Waals surface area contributed by atoms with E-state index in [0.29, 0.717) is 12.0 Å². The van der Waals surface area contributed by atoms with Crippen molar-refractivity contribution in [2.45, 2.75) is 38.0 Å². The summed E-state index contributed by atoms with van der Waals surface area (Å²) in [5.41, 5.74) is 1.40. The highest BCUT2D eigenvalue weighted by molar-refractivity contribution is 9.10. The molecule has 1 aromatic carbocycles. The lowest BCUT2D eigenvalue weighted by molar-refractivity contribution is 0.572. The average molecular weight is 401 g/mol. The summed E-state index contributed by atoms with van der Waals surface area (Å²) >= 11 is 5.07. The van der Waals surface area contributed by atoms with Crippen LogP contribution in [-0.2, 0) is 6.42 Å². The van der Waals surface area contributed by atoms with E-state index < -0.39 is 11.6 Å². The van der Waals surface area contributed by atoms with E-state index >= 15 is 0 Å². The molecule has 23 heavy (non-hydrogen) atoms. The summed E-state index contributed by atoms with van der Waals surface area (Å²) in [5.74, 6) is -1.13. The summed E-state index contributed by atoms with van der Waals surface area (Å²) in [6.07, 6.45) is 2.15. The van der Waals surface area contributed by atoms with E-state index in [4.69, 9.17) is 0 Å². The molecule has 2 rings (SSSR count). The fourth-order valence-corrected chi connectivity index (χ4v) is 3.28. The van der Waals surface area contributed by atoms with E-state index in [1.165, 1.54) is 12.1 Å². The molecule has 1 aromatic heterocycles. The highest BCUT2D eigenvalue weighted by Gasteiger charge is 2.20. The zero-order valence-corrected chi connectivity index (χ0v) is 15.6. The lowest BCUT2D eigenvalue weighted by atomic mass is 10.0. The molecule has 0 amide bonds. The van der Waals surface area contributed by atoms with Gasteiger partial charge >= 0.3 is 0 Å². The molecule has 0 aliphatic heterocycles. The van der Waals surface area contributed by atoms with Gasteiger partial charge in [0.05, 0.1) is 11.7 Å². The monoisotopic (exact) mass is 400 g/mol. The Morgan fingerprint density at radius 1 is 1.22 bits per heavy atom. The van der Waals surface area contributed by atoms with Crippen molar-refractivity contribution in [1.29, 1.82) is 0 Å². The third-order valence-corrected chi connectivity index (χ3v) is 4.67. The molecule has 0 spiro atoms. The van der Waals surface area contributed by atoms with Gasteiger partial charge in [-0.1, -0.05) is 11.9 Å². The van der Waals surface area contributed by atoms with Crippen LogP contribution >= 0.6 is 27.9 Å². The molecule has 0 saturated heterocycles. The van der Waals surface area contributed by atoms with Crippen molar-refractivity contribution in [3.8, 4) is 0 Å². The predicted octanol–water partition coefficient (Wildman–Crippen LogP) is 5.44. The minimum absolute atomic E-state index is 0.00664. The van der Waals surface area contributed by atoms with E-state index in [1.807, 2.05) is 12.1 Å². The first-order chi connectivity index (χ1) is 10.7. The van der Waals surface area contributed by atoms with Crippen LogP contribution in [0.3, 0.4) is 0 Å². The highest BCUT2D eigenvalue weighted by Crippen LogP contribution is 2.29. The standard InChI is InChI=1S/C17H19BrF2N2S/c1-17(2,3)23-22-15(16-14(18)5-4-6-21-16)9-11-7-12(19)10-13(20)8-11/h4-8,10,15,22H,9H2,1-3H3. The smallest absolute Gasteiger partial charge is 0.126 e. The fraction of sp³-hybridized carbons (Fsp3) is 0.353. The summed E-state index contributed by atoms with van der Waals surface area (Å²) in [6.45, 7) is 6.28. The molecule has 1 atom stereocenters. The van der Waals surface area contributed by atoms with Gasteiger partial charge in [-0.25, -0.2) is 8.78 Å². The predicted molar refractivity (Wildman–Crippen MR) is 95.2 cm³/mol. The average Bonchev–Trinajstić information content (AvgIpc) is 2.42. The summed E-state index contributed by atoms with van der Waals surface area (Å²) in [5, 5.41) is 0. The van der Waals surface area contributed by atoms with Crippen LogP contribution in [0.1, 0.15) is 38.1 Å². The number of aromatic nitrogens is 1. The normalized spacial score (nSPS) is 13.1. The molecule has 0 aliphatic rings. The van der Waals surface area contributed by atoms with Crippen LogP contribution in [0.5, 0.6) is 0 Å². The fourth-order valence-electron chi connectivity index (χ4n) is 2.06. The second-order valence-corrected chi connectivity index (χ2v) is 8.76. The Hall–Kier alpha value is -0.980. The molecule has 0 bridgehead atoms. The Labute approximate surface area is 148 Å². The van der Waals surface area contributed by atoms with Gasteiger partial charge in [0.2, 0.25) is 0 Å². The quantitative estimate of drug-likeness (QED) is 0.676. The van der Waals surface area contributed by atoms with Crippen molar-refractivity contribution in [3.05, 3.63) is 63.9 Å². The van der Waals surface area contributed by atoms with Crippen LogP contribution in [0.15, 0.2) is 41.0 Å². The Morgan fingerprint density at radius 2 is 1.87 bits per heavy atom. The molecule has 1 N–H and O–H groups in total. The SMILES string of the molecule is CC(C)(C)SNC(Cc1cc(F)cc(F)c1)c1ncccc1Br. The van der Waals surface area contributed by atoms with Crippen LogP contribution in [0, 0.1) is 11.6 Å². The van der Waals surface area contributed by atoms with Gasteiger partial charge < -0.3 is 0 Å². The summed E-state index contributed by atoms with van der Waals surface area (Å²) in [6, 6.07) is 7.17. The van der Waals surface area contributed by atoms with Crippen LogP contribution in [0.25, 0.3) is 0 Å². The minimum atomic E-state index is -0.567. The number of nitrogens with one attached hydrogen (secondary N) is 1. The number of halogens is 3. The van der Waals surface area contributed by atoms with Gasteiger partial charge in [-0.2, -0.15) is 0 Å². The van der Waals surface area contributed by atoms with Gasteiger partial charge in [-0.3, -0.25) is 9.71 Å². The Kier molecular flexibility index (Phi) is 6.17. The van der Waals surface area contributed by atoms with Crippen molar-refractivity contribution in [3.63, 3.8) is 0 Å². The summed E-state index contributed by atoms with van der Waals surface area (Å²) < 4.78 is 31.1. The summed E-state index contributed by atoms with van der Waals surface area (Å²) in [7, 11) is 0. The van der Waals surface area contributed by atoms with Gasteiger partial charge in [0.1, 0.15) is 11.6 Å². The maximum atomic E-state index is 13.4. The lowest BCUT2D eigenvalue weighted by Crippen LogP contribution is -2.24. The lowest BCUT2D eigenvalue weighted by Gasteiger charge is -2.24. The number of rotatable bonds is 5. The van der Waals surface area contributed by atoms with E-state index in [9.17, 15) is 8.78 Å². The van der Waals surface area contributed by atoms with E-state index in [-0.39, 0.29) is 10.8 Å². The second-order valence-electron chi connectivity index (χ2n) is 6.24. The molecule has 124 valence electrons. The number of hydrogen-bond donors (Lipinski definition) is 1. The molecule has 0 fully saturated rings. The van der Waals surface area contributed by atoms with Crippen LogP contribution in [0.4, 0.5) is 8.78 Å². The van der Waals surface area contributed by atoms with Crippen molar-refractivity contribution in [2.75, 3.05) is 0 Å². The molecular formula is C17H19BrF2N2S. The molecule has 2 aromatic rings. The van der Waals surface area contributed by atoms with Gasteiger partial charge in [-0.15, -0.1) is 0 Å². The van der Waals surface area contributed by atoms with Crippen LogP contribution in [-0.4, -0.2) is 9.73 Å². The molecule has 2 nitrogen and oxygen atoms in total. The van der Waals surface area contributed by atoms with Gasteiger partial charge in [0.25, 0.3) is 0 Å². The maximum absolute atomic E-state index is 13.4. The zero-order chi connectivity index (χ0) is 17.0. The van der Waals surface area contributed by atoms with Gasteiger partial charge in [-0.05, 0) is 73.0 Å². The summed E-state index contributed by atoms with van der Waals surface area (Å²) in [4.78, 5) is 4.41. The van der Waals surface area contributed by atoms with E-state index in [1.54, 1.807) is 18.1 Å². The van der Waals surface area contributed by atoms with Gasteiger partial charge in [0, 0.05) is 21.5 Å². The molecule has 1 unspecified atom stereocenters. The molecular weight excluding hydrogens is 382 g/mol. The molecule has 0 radical (unpaired) electrons. The van der Waals surface area contributed by atoms with E-state index in [2.05, 4.69) is 46.4 Å². The first-order valence-electron chi connectivity index (χ1n) is 7.23. The second kappa shape index (κ2) is 7.73. The first kappa shape index (κ1) is 18.4. The molecule has 1 heterocycles. The topological polar surface area (TPSA) is 24.9 Å². The Morgan fingerprint density at radius 3 is 2.43 bits per heavy atom. The zero-order valence-electron chi connectivity index (χ0n) is 13.2. The molecule has 0 aliphatic carbocycles. The highest BCUT2D eigenvalue weighted by atomic mass is 79.9. The largest absolute Gasteiger partial charge is 0.258 e. The molecule has 0 saturated carbocycles. The van der Waals surface area contributed by atoms with E-state index in [0.717, 1.165) is 16.2 Å². The van der Waals surface area contributed by atoms with Crippen molar-refractivity contribution >= 4 is 27.9 Å². The number of nitrogens with zero attached hydrogens (tertiary/aromatic N) is 1. The number of hydrogen-bond acceptors (Lipinski definition) is 3. The van der Waals surface area contributed by atoms with Crippen molar-refractivity contribution < 1.29 is 8.78 Å². The van der Waals surface area contributed by atoms with Crippen LogP contribution < -0.4 is 4.72 Å². The molecule has 6 heteroatoms. The van der Waals surface area contributed by atoms with Crippen molar-refractivity contribution in [1.82, 2.24) is 9.71 Å². The van der Waals surface area contributed by atoms with Crippen molar-refractivity contribution in [2.24, 2.45) is 0 Å². The third-order valence-electron chi connectivity index (χ3n) is 2.99. The first-order valence-corrected chi connectivity index (χ1v) is 8.84. The van der Waals surface area contributed by atoms with Crippen LogP contribution in [0.2, 0.25) is 0 Å². The number of pyridine rings is 1. The van der Waals surface area contributed by atoms with Gasteiger partial charge in [0.15, 0.2) is 0 Å². The Balaban J connectivity index is 2.27. The number of benzene rings is 1.